The van der Waals surface area contributed by atoms with Crippen LogP contribution in [0.15, 0.2) is 11.6 Å². The maximum absolute atomic E-state index is 15.3. The van der Waals surface area contributed by atoms with E-state index in [-0.39, 0.29) is 42.2 Å². The average Bonchev–Trinajstić information content (AvgIpc) is 3.06. The Hall–Kier alpha value is -1.86. The number of piperidine rings is 1. The zero-order valence-electron chi connectivity index (χ0n) is 22.0. The number of hydrogen-bond acceptors (Lipinski definition) is 7. The van der Waals surface area contributed by atoms with Crippen molar-refractivity contribution in [3.8, 4) is 0 Å². The Morgan fingerprint density at radius 2 is 1.81 bits per heavy atom. The number of hydrogen-bond donors (Lipinski definition) is 0. The second kappa shape index (κ2) is 6.58. The van der Waals surface area contributed by atoms with Crippen molar-refractivity contribution in [1.29, 1.82) is 0 Å². The normalized spacial score (nSPS) is 55.7. The van der Waals surface area contributed by atoms with Crippen LogP contribution in [-0.2, 0) is 28.7 Å². The summed E-state index contributed by atoms with van der Waals surface area (Å²) in [5.41, 5.74) is -3.74. The van der Waals surface area contributed by atoms with Crippen LogP contribution in [0.2, 0.25) is 0 Å². The molecule has 0 N–H and O–H groups in total. The minimum Gasteiger partial charge on any atom is -0.435 e. The van der Waals surface area contributed by atoms with Crippen molar-refractivity contribution < 1.29 is 28.7 Å². The molecule has 10 unspecified atom stereocenters. The number of ketones is 3. The summed E-state index contributed by atoms with van der Waals surface area (Å²) in [5, 5.41) is 0. The lowest BCUT2D eigenvalue weighted by atomic mass is 9.33. The van der Waals surface area contributed by atoms with Gasteiger partial charge in [-0.3, -0.25) is 19.2 Å². The maximum atomic E-state index is 15.3. The highest BCUT2D eigenvalue weighted by Gasteiger charge is 2.86. The molecule has 0 aromatic heterocycles. The second-order valence-corrected chi connectivity index (χ2v) is 13.9. The highest BCUT2D eigenvalue weighted by Crippen LogP contribution is 2.76. The lowest BCUT2D eigenvalue weighted by Gasteiger charge is -2.75. The smallest absolute Gasteiger partial charge is 0.308 e. The average molecular weight is 496 g/mol. The Labute approximate surface area is 212 Å². The number of carbonyl (C=O) groups excluding carboxylic acids is 4. The van der Waals surface area contributed by atoms with Crippen molar-refractivity contribution in [2.75, 3.05) is 6.54 Å². The Balaban J connectivity index is 1.49. The number of carbonyl (C=O) groups is 4. The molecule has 7 heteroatoms. The Bertz CT molecular complexity index is 1180. The number of Topliss-reactive ketones (excluding diaryl/α,β-unsaturated/α-hetero) is 2. The van der Waals surface area contributed by atoms with Crippen molar-refractivity contribution in [3.63, 3.8) is 0 Å². The monoisotopic (exact) mass is 495 g/mol. The highest BCUT2D eigenvalue weighted by molar-refractivity contribution is 6.07. The summed E-state index contributed by atoms with van der Waals surface area (Å²) in [6.07, 6.45) is 5.68. The maximum Gasteiger partial charge on any atom is 0.308 e. The van der Waals surface area contributed by atoms with Crippen LogP contribution in [0.25, 0.3) is 0 Å². The number of esters is 1. The van der Waals surface area contributed by atoms with Gasteiger partial charge >= 0.3 is 5.97 Å². The van der Waals surface area contributed by atoms with E-state index in [9.17, 15) is 14.4 Å². The molecule has 3 aliphatic carbocycles. The SMILES string of the molecule is CC1=CC(=O)C2CC(=O)C3C(C)(C(=O)C45OC(=O)CC3(C)C4(C)CCC34CC(C)CC(CN35)O4)C2C1. The molecule has 6 fully saturated rings. The van der Waals surface area contributed by atoms with Crippen LogP contribution in [0.5, 0.6) is 0 Å². The summed E-state index contributed by atoms with van der Waals surface area (Å²) in [7, 11) is 0. The van der Waals surface area contributed by atoms with Gasteiger partial charge in [-0.05, 0) is 62.4 Å². The van der Waals surface area contributed by atoms with Gasteiger partial charge in [0.05, 0.1) is 12.5 Å². The van der Waals surface area contributed by atoms with Crippen LogP contribution in [-0.4, -0.2) is 52.3 Å². The largest absolute Gasteiger partial charge is 0.435 e. The molecule has 0 aromatic rings. The first-order chi connectivity index (χ1) is 16.8. The fourth-order valence-electron chi connectivity index (χ4n) is 10.7. The van der Waals surface area contributed by atoms with Gasteiger partial charge < -0.3 is 9.47 Å². The van der Waals surface area contributed by atoms with Crippen LogP contribution < -0.4 is 0 Å². The summed E-state index contributed by atoms with van der Waals surface area (Å²) < 4.78 is 13.0. The zero-order valence-corrected chi connectivity index (χ0v) is 22.0. The van der Waals surface area contributed by atoms with Crippen molar-refractivity contribution in [3.05, 3.63) is 11.6 Å². The summed E-state index contributed by atoms with van der Waals surface area (Å²) in [4.78, 5) is 58.0. The van der Waals surface area contributed by atoms with Gasteiger partial charge in [-0.25, -0.2) is 4.90 Å². The molecular formula is C29H37NO6. The summed E-state index contributed by atoms with van der Waals surface area (Å²) in [5.74, 6) is -1.57. The van der Waals surface area contributed by atoms with E-state index < -0.39 is 45.5 Å². The summed E-state index contributed by atoms with van der Waals surface area (Å²) in [6.45, 7) is 10.8. The van der Waals surface area contributed by atoms with Crippen molar-refractivity contribution >= 4 is 23.3 Å². The van der Waals surface area contributed by atoms with Gasteiger partial charge in [0.25, 0.3) is 0 Å². The van der Waals surface area contributed by atoms with E-state index in [1.807, 2.05) is 13.8 Å². The zero-order chi connectivity index (χ0) is 25.6. The van der Waals surface area contributed by atoms with E-state index >= 15 is 4.79 Å². The predicted octanol–water partition coefficient (Wildman–Crippen LogP) is 3.59. The minimum atomic E-state index is -1.49. The van der Waals surface area contributed by atoms with Gasteiger partial charge in [0.1, 0.15) is 11.5 Å². The van der Waals surface area contributed by atoms with E-state index in [1.165, 1.54) is 0 Å². The third kappa shape index (κ3) is 2.27. The van der Waals surface area contributed by atoms with Crippen molar-refractivity contribution in [2.24, 2.45) is 39.9 Å². The number of fused-ring (bicyclic) bond motifs is 5. The molecule has 0 aromatic carbocycles. The molecule has 10 atom stereocenters. The lowest BCUT2D eigenvalue weighted by molar-refractivity contribution is -0.349. The van der Waals surface area contributed by atoms with E-state index in [2.05, 4.69) is 25.7 Å². The fraction of sp³-hybridized carbons (Fsp3) is 0.793. The van der Waals surface area contributed by atoms with Gasteiger partial charge in [-0.1, -0.05) is 33.3 Å². The lowest BCUT2D eigenvalue weighted by Crippen LogP contribution is -2.86. The number of nitrogens with zero attached hydrogens (tertiary/aromatic N) is 1. The molecule has 194 valence electrons. The Morgan fingerprint density at radius 3 is 2.56 bits per heavy atom. The predicted molar refractivity (Wildman–Crippen MR) is 128 cm³/mol. The van der Waals surface area contributed by atoms with Gasteiger partial charge in [-0.15, -0.1) is 0 Å². The molecule has 0 radical (unpaired) electrons. The van der Waals surface area contributed by atoms with E-state index in [0.717, 1.165) is 24.8 Å². The van der Waals surface area contributed by atoms with Crippen LogP contribution in [0.3, 0.4) is 0 Å². The highest BCUT2D eigenvalue weighted by atomic mass is 16.6. The van der Waals surface area contributed by atoms with Crippen LogP contribution in [0.1, 0.15) is 79.6 Å². The first-order valence-corrected chi connectivity index (χ1v) is 13.8. The van der Waals surface area contributed by atoms with Crippen LogP contribution >= 0.6 is 0 Å². The molecule has 4 heterocycles. The topological polar surface area (TPSA) is 90.0 Å². The minimum absolute atomic E-state index is 0.00198. The molecule has 7 aliphatic rings. The molecule has 4 bridgehead atoms. The second-order valence-electron chi connectivity index (χ2n) is 13.9. The van der Waals surface area contributed by atoms with Gasteiger partial charge in [0, 0.05) is 35.6 Å². The third-order valence-electron chi connectivity index (χ3n) is 12.1. The fourth-order valence-corrected chi connectivity index (χ4v) is 10.7. The first kappa shape index (κ1) is 23.3. The molecule has 4 saturated heterocycles. The van der Waals surface area contributed by atoms with E-state index in [4.69, 9.17) is 9.47 Å². The van der Waals surface area contributed by atoms with Crippen molar-refractivity contribution in [2.45, 2.75) is 97.1 Å². The van der Waals surface area contributed by atoms with Gasteiger partial charge in [0.2, 0.25) is 5.72 Å². The molecule has 1 spiro atoms. The molecule has 2 saturated carbocycles. The first-order valence-electron chi connectivity index (χ1n) is 13.8. The van der Waals surface area contributed by atoms with Crippen molar-refractivity contribution in [1.82, 2.24) is 4.90 Å². The molecular weight excluding hydrogens is 458 g/mol. The van der Waals surface area contributed by atoms with E-state index in [1.54, 1.807) is 6.08 Å². The third-order valence-corrected chi connectivity index (χ3v) is 12.1. The van der Waals surface area contributed by atoms with Gasteiger partial charge in [0.15, 0.2) is 11.6 Å². The quantitative estimate of drug-likeness (QED) is 0.475. The van der Waals surface area contributed by atoms with E-state index in [0.29, 0.717) is 25.3 Å². The molecule has 36 heavy (non-hydrogen) atoms. The number of ether oxygens (including phenoxy) is 2. The number of rotatable bonds is 0. The molecule has 7 nitrogen and oxygen atoms in total. The van der Waals surface area contributed by atoms with Crippen LogP contribution in [0, 0.1) is 39.9 Å². The number of allylic oxidation sites excluding steroid dienone is 2. The molecule has 7 rings (SSSR count). The molecule has 0 amide bonds. The standard InChI is InChI=1S/C29H37NO6/c1-15-9-19-18(20(31)10-15)11-21(32)23-25(3)13-22(33)36-29(24(34)27(19,23)5)26(25,4)6-7-28-12-16(2)8-17(35-28)14-30(28)29/h10,16-19,23H,6-9,11-14H2,1-5H3. The summed E-state index contributed by atoms with van der Waals surface area (Å²) in [6, 6.07) is 0. The van der Waals surface area contributed by atoms with Gasteiger partial charge in [-0.2, -0.15) is 0 Å². The Kier molecular flexibility index (Phi) is 4.25. The summed E-state index contributed by atoms with van der Waals surface area (Å²) >= 11 is 0. The molecule has 4 aliphatic heterocycles. The van der Waals surface area contributed by atoms with Crippen LogP contribution in [0.4, 0.5) is 0 Å². The Morgan fingerprint density at radius 1 is 1.06 bits per heavy atom.